The maximum Gasteiger partial charge on any atom is 0.292 e. The molecule has 7 heteroatoms. The molecule has 0 radical (unpaired) electrons. The molecule has 1 N–H and O–H groups in total. The highest BCUT2D eigenvalue weighted by molar-refractivity contribution is 6.32. The van der Waals surface area contributed by atoms with Crippen LogP contribution in [0.5, 0.6) is 0 Å². The van der Waals surface area contributed by atoms with Gasteiger partial charge in [0.1, 0.15) is 5.02 Å². The van der Waals surface area contributed by atoms with E-state index in [0.717, 1.165) is 45.8 Å². The minimum atomic E-state index is -0.318. The second-order valence-corrected chi connectivity index (χ2v) is 6.04. The Hall–Kier alpha value is -1.89. The molecule has 0 atom stereocenters. The van der Waals surface area contributed by atoms with Gasteiger partial charge in [-0.1, -0.05) is 29.8 Å². The van der Waals surface area contributed by atoms with Gasteiger partial charge in [-0.25, -0.2) is 0 Å². The van der Waals surface area contributed by atoms with E-state index in [-0.39, 0.29) is 10.6 Å². The molecule has 1 saturated heterocycles. The van der Waals surface area contributed by atoms with Gasteiger partial charge in [0.05, 0.1) is 30.8 Å². The number of rotatable bonds is 6. The van der Waals surface area contributed by atoms with E-state index < -0.39 is 0 Å². The second-order valence-electron chi connectivity index (χ2n) is 5.66. The summed E-state index contributed by atoms with van der Waals surface area (Å²) in [5.41, 5.74) is 0.958. The molecule has 2 aromatic rings. The summed E-state index contributed by atoms with van der Waals surface area (Å²) in [6, 6.07) is 9.24. The van der Waals surface area contributed by atoms with Gasteiger partial charge in [0.2, 0.25) is 0 Å². The zero-order valence-corrected chi connectivity index (χ0v) is 14.2. The van der Waals surface area contributed by atoms with E-state index in [9.17, 15) is 4.79 Å². The summed E-state index contributed by atoms with van der Waals surface area (Å²) in [6.07, 6.45) is 2.57. The smallest absolute Gasteiger partial charge is 0.292 e. The third-order valence-electron chi connectivity index (χ3n) is 3.99. The molecule has 1 aliphatic rings. The Morgan fingerprint density at radius 3 is 2.71 bits per heavy atom. The zero-order valence-electron chi connectivity index (χ0n) is 13.4. The van der Waals surface area contributed by atoms with Crippen molar-refractivity contribution in [1.82, 2.24) is 14.7 Å². The van der Waals surface area contributed by atoms with Crippen molar-refractivity contribution in [3.05, 3.63) is 51.9 Å². The number of hydrogen-bond donors (Lipinski definition) is 1. The van der Waals surface area contributed by atoms with Crippen LogP contribution in [0.4, 0.5) is 5.69 Å². The van der Waals surface area contributed by atoms with Crippen LogP contribution in [-0.2, 0) is 4.74 Å². The molecule has 2 heterocycles. The second kappa shape index (κ2) is 8.28. The first kappa shape index (κ1) is 17.0. The first-order valence-corrected chi connectivity index (χ1v) is 8.51. The van der Waals surface area contributed by atoms with Gasteiger partial charge in [0.15, 0.2) is 0 Å². The third-order valence-corrected chi connectivity index (χ3v) is 4.36. The monoisotopic (exact) mass is 348 g/mol. The topological polar surface area (TPSA) is 59.4 Å². The lowest BCUT2D eigenvalue weighted by Gasteiger charge is -2.26. The first-order chi connectivity index (χ1) is 11.8. The van der Waals surface area contributed by atoms with E-state index in [4.69, 9.17) is 16.3 Å². The van der Waals surface area contributed by atoms with E-state index >= 15 is 0 Å². The number of para-hydroxylation sites is 1. The van der Waals surface area contributed by atoms with Crippen molar-refractivity contribution >= 4 is 17.3 Å². The third kappa shape index (κ3) is 4.14. The number of nitrogens with one attached hydrogen (secondary N) is 1. The maximum atomic E-state index is 12.4. The highest BCUT2D eigenvalue weighted by Gasteiger charge is 2.11. The Kier molecular flexibility index (Phi) is 5.85. The summed E-state index contributed by atoms with van der Waals surface area (Å²) in [7, 11) is 0. The van der Waals surface area contributed by atoms with Crippen molar-refractivity contribution in [2.24, 2.45) is 0 Å². The number of hydrogen-bond acceptors (Lipinski definition) is 5. The van der Waals surface area contributed by atoms with Crippen molar-refractivity contribution in [2.45, 2.75) is 6.42 Å². The average molecular weight is 349 g/mol. The lowest BCUT2D eigenvalue weighted by molar-refractivity contribution is 0.0378. The summed E-state index contributed by atoms with van der Waals surface area (Å²) < 4.78 is 6.64. The van der Waals surface area contributed by atoms with Crippen molar-refractivity contribution in [2.75, 3.05) is 44.7 Å². The molecule has 0 spiro atoms. The number of morpholine rings is 1. The summed E-state index contributed by atoms with van der Waals surface area (Å²) in [5.74, 6) is 0. The van der Waals surface area contributed by atoms with E-state index in [2.05, 4.69) is 15.3 Å². The van der Waals surface area contributed by atoms with Gasteiger partial charge in [-0.2, -0.15) is 9.78 Å². The molecule has 0 unspecified atom stereocenters. The van der Waals surface area contributed by atoms with Crippen molar-refractivity contribution in [3.8, 4) is 5.69 Å². The van der Waals surface area contributed by atoms with E-state index in [0.29, 0.717) is 11.4 Å². The van der Waals surface area contributed by atoms with Crippen molar-refractivity contribution in [1.29, 1.82) is 0 Å². The summed E-state index contributed by atoms with van der Waals surface area (Å²) in [4.78, 5) is 14.7. The van der Waals surface area contributed by atoms with E-state index in [1.54, 1.807) is 6.20 Å². The van der Waals surface area contributed by atoms with Gasteiger partial charge >= 0.3 is 0 Å². The SMILES string of the molecule is O=c1c(Cl)c(NCCCN2CCOCC2)cnn1-c1ccccc1. The number of nitrogens with zero attached hydrogens (tertiary/aromatic N) is 3. The van der Waals surface area contributed by atoms with Crippen LogP contribution >= 0.6 is 11.6 Å². The molecule has 1 aromatic carbocycles. The number of anilines is 1. The molecule has 1 aliphatic heterocycles. The minimum Gasteiger partial charge on any atom is -0.382 e. The largest absolute Gasteiger partial charge is 0.382 e. The predicted octanol–water partition coefficient (Wildman–Crippen LogP) is 2.02. The molecule has 6 nitrogen and oxygen atoms in total. The Morgan fingerprint density at radius 1 is 1.21 bits per heavy atom. The normalized spacial score (nSPS) is 15.4. The molecule has 1 fully saturated rings. The Bertz CT molecular complexity index is 714. The molecule has 128 valence electrons. The zero-order chi connectivity index (χ0) is 16.8. The molecular formula is C17H21ClN4O2. The fraction of sp³-hybridized carbons (Fsp3) is 0.412. The number of halogens is 1. The van der Waals surface area contributed by atoms with Gasteiger partial charge in [-0.15, -0.1) is 0 Å². The van der Waals surface area contributed by atoms with Gasteiger partial charge in [-0.3, -0.25) is 9.69 Å². The molecule has 0 saturated carbocycles. The van der Waals surface area contributed by atoms with Crippen LogP contribution in [0.2, 0.25) is 5.02 Å². The van der Waals surface area contributed by atoms with Gasteiger partial charge in [0.25, 0.3) is 5.56 Å². The lowest BCUT2D eigenvalue weighted by Crippen LogP contribution is -2.37. The van der Waals surface area contributed by atoms with Gasteiger partial charge < -0.3 is 10.1 Å². The van der Waals surface area contributed by atoms with Gasteiger partial charge in [0, 0.05) is 19.6 Å². The predicted molar refractivity (Wildman–Crippen MR) is 95.2 cm³/mol. The summed E-state index contributed by atoms with van der Waals surface area (Å²) in [6.45, 7) is 5.32. The summed E-state index contributed by atoms with van der Waals surface area (Å²) >= 11 is 6.21. The van der Waals surface area contributed by atoms with Crippen molar-refractivity contribution < 1.29 is 4.74 Å². The number of ether oxygens (including phenoxy) is 1. The van der Waals surface area contributed by atoms with E-state index in [1.807, 2.05) is 30.3 Å². The van der Waals surface area contributed by atoms with Crippen LogP contribution in [-0.4, -0.2) is 54.1 Å². The standard InChI is InChI=1S/C17H21ClN4O2/c18-16-15(19-7-4-8-21-9-11-24-12-10-21)13-20-22(17(16)23)14-5-2-1-3-6-14/h1-3,5-6,13,19H,4,7-12H2. The molecular weight excluding hydrogens is 328 g/mol. The molecule has 0 bridgehead atoms. The highest BCUT2D eigenvalue weighted by atomic mass is 35.5. The molecule has 24 heavy (non-hydrogen) atoms. The Balaban J connectivity index is 1.58. The lowest BCUT2D eigenvalue weighted by atomic mass is 10.3. The molecule has 0 aliphatic carbocycles. The van der Waals surface area contributed by atoms with Crippen LogP contribution in [0.1, 0.15) is 6.42 Å². The molecule has 0 amide bonds. The van der Waals surface area contributed by atoms with Crippen LogP contribution in [0.25, 0.3) is 5.69 Å². The van der Waals surface area contributed by atoms with Gasteiger partial charge in [-0.05, 0) is 25.1 Å². The van der Waals surface area contributed by atoms with Crippen LogP contribution < -0.4 is 10.9 Å². The number of aromatic nitrogens is 2. The fourth-order valence-electron chi connectivity index (χ4n) is 2.66. The van der Waals surface area contributed by atoms with Crippen LogP contribution in [0.3, 0.4) is 0 Å². The van der Waals surface area contributed by atoms with Crippen molar-refractivity contribution in [3.63, 3.8) is 0 Å². The Labute approximate surface area is 146 Å². The maximum absolute atomic E-state index is 12.4. The quantitative estimate of drug-likeness (QED) is 0.809. The Morgan fingerprint density at radius 2 is 1.96 bits per heavy atom. The number of benzene rings is 1. The minimum absolute atomic E-state index is 0.167. The average Bonchev–Trinajstić information content (AvgIpc) is 2.64. The van der Waals surface area contributed by atoms with E-state index in [1.165, 1.54) is 4.68 Å². The highest BCUT2D eigenvalue weighted by Crippen LogP contribution is 2.16. The first-order valence-electron chi connectivity index (χ1n) is 8.13. The summed E-state index contributed by atoms with van der Waals surface area (Å²) in [5, 5.41) is 7.58. The fourth-order valence-corrected chi connectivity index (χ4v) is 2.86. The molecule has 1 aromatic heterocycles. The molecule has 3 rings (SSSR count). The van der Waals surface area contributed by atoms with Crippen LogP contribution in [0.15, 0.2) is 41.3 Å². The van der Waals surface area contributed by atoms with Crippen LogP contribution in [0, 0.1) is 0 Å².